The van der Waals surface area contributed by atoms with Gasteiger partial charge in [0.05, 0.1) is 17.8 Å². The molecule has 3 heterocycles. The van der Waals surface area contributed by atoms with Gasteiger partial charge in [-0.3, -0.25) is 4.79 Å². The Morgan fingerprint density at radius 3 is 2.26 bits per heavy atom. The second kappa shape index (κ2) is 9.41. The molecule has 166 valence electrons. The van der Waals surface area contributed by atoms with Gasteiger partial charge in [0.25, 0.3) is 0 Å². The van der Waals surface area contributed by atoms with Gasteiger partial charge in [-0.05, 0) is 23.8 Å². The number of hydrogen-bond acceptors (Lipinski definition) is 5. The van der Waals surface area contributed by atoms with Gasteiger partial charge >= 0.3 is 0 Å². The Morgan fingerprint density at radius 1 is 0.853 bits per heavy atom. The van der Waals surface area contributed by atoms with Crippen LogP contribution in [0.15, 0.2) is 97.3 Å². The van der Waals surface area contributed by atoms with Crippen molar-refractivity contribution >= 4 is 11.7 Å². The molecule has 3 aromatic heterocycles. The van der Waals surface area contributed by atoms with Gasteiger partial charge in [-0.1, -0.05) is 65.9 Å². The number of benzene rings is 2. The predicted molar refractivity (Wildman–Crippen MR) is 127 cm³/mol. The number of anilines is 1. The van der Waals surface area contributed by atoms with Crippen LogP contribution in [0.4, 0.5) is 10.2 Å². The summed E-state index contributed by atoms with van der Waals surface area (Å²) in [5.41, 5.74) is 4.33. The zero-order valence-electron chi connectivity index (χ0n) is 18.0. The van der Waals surface area contributed by atoms with Crippen molar-refractivity contribution in [3.05, 3.63) is 109 Å². The van der Waals surface area contributed by atoms with Crippen molar-refractivity contribution in [1.29, 1.82) is 0 Å². The van der Waals surface area contributed by atoms with Crippen molar-refractivity contribution in [2.24, 2.45) is 0 Å². The van der Waals surface area contributed by atoms with E-state index in [1.54, 1.807) is 18.3 Å². The molecular formula is C26H19FN6O. The minimum atomic E-state index is -0.628. The maximum Gasteiger partial charge on any atom is 0.231 e. The summed E-state index contributed by atoms with van der Waals surface area (Å²) in [6, 6.07) is 25.9. The molecule has 0 atom stereocenters. The van der Waals surface area contributed by atoms with E-state index in [4.69, 9.17) is 0 Å². The van der Waals surface area contributed by atoms with Crippen LogP contribution in [-0.4, -0.2) is 30.9 Å². The molecule has 5 rings (SSSR count). The van der Waals surface area contributed by atoms with Gasteiger partial charge in [-0.2, -0.15) is 4.39 Å². The van der Waals surface area contributed by atoms with Crippen LogP contribution >= 0.6 is 0 Å². The van der Waals surface area contributed by atoms with Crippen LogP contribution in [0.25, 0.3) is 28.1 Å². The van der Waals surface area contributed by atoms with E-state index in [9.17, 15) is 9.18 Å². The molecule has 8 heteroatoms. The third-order valence-electron chi connectivity index (χ3n) is 5.21. The number of pyridine rings is 2. The van der Waals surface area contributed by atoms with Crippen molar-refractivity contribution in [3.63, 3.8) is 0 Å². The summed E-state index contributed by atoms with van der Waals surface area (Å²) in [6.07, 6.45) is 3.05. The molecule has 2 aromatic carbocycles. The number of rotatable bonds is 6. The minimum absolute atomic E-state index is 0.0279. The van der Waals surface area contributed by atoms with Gasteiger partial charge < -0.3 is 5.32 Å². The first-order valence-corrected chi connectivity index (χ1v) is 10.6. The highest BCUT2D eigenvalue weighted by atomic mass is 19.1. The lowest BCUT2D eigenvalue weighted by Crippen LogP contribution is -2.16. The fourth-order valence-electron chi connectivity index (χ4n) is 3.63. The largest absolute Gasteiger partial charge is 0.310 e. The first-order chi connectivity index (χ1) is 16.7. The maximum atomic E-state index is 13.7. The number of nitrogens with zero attached hydrogens (tertiary/aromatic N) is 5. The number of carbonyl (C=O) groups excluding carboxylic acids is 1. The van der Waals surface area contributed by atoms with Crippen molar-refractivity contribution in [1.82, 2.24) is 25.0 Å². The molecule has 7 nitrogen and oxygen atoms in total. The van der Waals surface area contributed by atoms with Crippen LogP contribution in [0.5, 0.6) is 0 Å². The number of carbonyl (C=O) groups is 1. The zero-order valence-corrected chi connectivity index (χ0v) is 18.0. The summed E-state index contributed by atoms with van der Waals surface area (Å²) in [5.74, 6) is -0.476. The molecule has 5 aromatic rings. The van der Waals surface area contributed by atoms with E-state index >= 15 is 0 Å². The molecule has 0 aliphatic heterocycles. The van der Waals surface area contributed by atoms with Crippen molar-refractivity contribution in [2.75, 3.05) is 5.32 Å². The van der Waals surface area contributed by atoms with Crippen LogP contribution in [0.1, 0.15) is 5.69 Å². The molecule has 1 amide bonds. The molecule has 0 bridgehead atoms. The number of amides is 1. The Bertz CT molecular complexity index is 1420. The SMILES string of the molecule is O=C(Cc1nnn(-c2ccnc(F)c2)c1-c1ccccc1)Nc1ccc(-c2ccccc2)cn1. The van der Waals surface area contributed by atoms with Gasteiger partial charge in [-0.15, -0.1) is 5.10 Å². The van der Waals surface area contributed by atoms with Crippen molar-refractivity contribution < 1.29 is 9.18 Å². The van der Waals surface area contributed by atoms with Gasteiger partial charge in [0, 0.05) is 29.6 Å². The summed E-state index contributed by atoms with van der Waals surface area (Å²) in [6.45, 7) is 0. The van der Waals surface area contributed by atoms with Gasteiger partial charge in [0.15, 0.2) is 0 Å². The van der Waals surface area contributed by atoms with Crippen LogP contribution < -0.4 is 5.32 Å². The molecule has 0 saturated heterocycles. The van der Waals surface area contributed by atoms with Crippen LogP contribution in [0.3, 0.4) is 0 Å². The van der Waals surface area contributed by atoms with E-state index in [0.717, 1.165) is 16.7 Å². The third-order valence-corrected chi connectivity index (χ3v) is 5.21. The summed E-state index contributed by atoms with van der Waals surface area (Å²) in [4.78, 5) is 20.8. The molecule has 0 unspecified atom stereocenters. The normalized spacial score (nSPS) is 10.7. The molecular weight excluding hydrogens is 431 g/mol. The molecule has 1 N–H and O–H groups in total. The minimum Gasteiger partial charge on any atom is -0.310 e. The van der Waals surface area contributed by atoms with Crippen LogP contribution in [0, 0.1) is 5.95 Å². The van der Waals surface area contributed by atoms with Crippen molar-refractivity contribution in [2.45, 2.75) is 6.42 Å². The smallest absolute Gasteiger partial charge is 0.231 e. The second-order valence-electron chi connectivity index (χ2n) is 7.52. The third kappa shape index (κ3) is 4.56. The van der Waals surface area contributed by atoms with Gasteiger partial charge in [0.1, 0.15) is 11.5 Å². The Labute approximate surface area is 195 Å². The van der Waals surface area contributed by atoms with E-state index in [-0.39, 0.29) is 12.3 Å². The summed E-state index contributed by atoms with van der Waals surface area (Å²) in [5, 5.41) is 11.2. The zero-order chi connectivity index (χ0) is 23.3. The quantitative estimate of drug-likeness (QED) is 0.379. The summed E-state index contributed by atoms with van der Waals surface area (Å²) < 4.78 is 15.2. The number of halogens is 1. The molecule has 0 radical (unpaired) electrons. The molecule has 0 spiro atoms. The van der Waals surface area contributed by atoms with Crippen LogP contribution in [-0.2, 0) is 11.2 Å². The number of nitrogens with one attached hydrogen (secondary N) is 1. The second-order valence-corrected chi connectivity index (χ2v) is 7.52. The lowest BCUT2D eigenvalue weighted by atomic mass is 10.1. The van der Waals surface area contributed by atoms with Crippen LogP contribution in [0.2, 0.25) is 0 Å². The fraction of sp³-hybridized carbons (Fsp3) is 0.0385. The predicted octanol–water partition coefficient (Wildman–Crippen LogP) is 4.71. The summed E-state index contributed by atoms with van der Waals surface area (Å²) >= 11 is 0. The standard InChI is InChI=1S/C26H19FN6O/c27-23-15-21(13-14-28-23)33-26(19-9-5-2-6-10-19)22(31-32-33)16-25(34)30-24-12-11-20(17-29-24)18-7-3-1-4-8-18/h1-15,17H,16H2,(H,29,30,34). The Kier molecular flexibility index (Phi) is 5.85. The first kappa shape index (κ1) is 21.1. The first-order valence-electron chi connectivity index (χ1n) is 10.6. The highest BCUT2D eigenvalue weighted by Gasteiger charge is 2.19. The van der Waals surface area contributed by atoms with Gasteiger partial charge in [0.2, 0.25) is 11.9 Å². The molecule has 0 fully saturated rings. The average molecular weight is 450 g/mol. The summed E-state index contributed by atoms with van der Waals surface area (Å²) in [7, 11) is 0. The molecule has 0 aliphatic rings. The van der Waals surface area contributed by atoms with E-state index < -0.39 is 5.95 Å². The monoisotopic (exact) mass is 450 g/mol. The molecule has 34 heavy (non-hydrogen) atoms. The highest BCUT2D eigenvalue weighted by molar-refractivity contribution is 5.92. The van der Waals surface area contributed by atoms with E-state index in [0.29, 0.717) is 22.9 Å². The van der Waals surface area contributed by atoms with Gasteiger partial charge in [-0.25, -0.2) is 14.6 Å². The fourth-order valence-corrected chi connectivity index (χ4v) is 3.63. The highest BCUT2D eigenvalue weighted by Crippen LogP contribution is 2.26. The van der Waals surface area contributed by atoms with E-state index in [1.165, 1.54) is 16.9 Å². The maximum absolute atomic E-state index is 13.7. The Balaban J connectivity index is 1.39. The Hall–Kier alpha value is -4.72. The molecule has 0 aliphatic carbocycles. The lowest BCUT2D eigenvalue weighted by Gasteiger charge is -2.09. The topological polar surface area (TPSA) is 85.6 Å². The lowest BCUT2D eigenvalue weighted by molar-refractivity contribution is -0.115. The average Bonchev–Trinajstić information content (AvgIpc) is 3.29. The Morgan fingerprint density at radius 2 is 1.59 bits per heavy atom. The van der Waals surface area contributed by atoms with Crippen molar-refractivity contribution in [3.8, 4) is 28.1 Å². The van der Waals surface area contributed by atoms with E-state index in [1.807, 2.05) is 66.7 Å². The van der Waals surface area contributed by atoms with E-state index in [2.05, 4.69) is 25.6 Å². The number of aromatic nitrogens is 5. The number of hydrogen-bond donors (Lipinski definition) is 1. The molecule has 0 saturated carbocycles.